The van der Waals surface area contributed by atoms with Gasteiger partial charge in [0, 0.05) is 5.39 Å². The molecule has 12 heavy (non-hydrogen) atoms. The Morgan fingerprint density at radius 1 is 1.17 bits per heavy atom. The molecule has 0 aliphatic carbocycles. The van der Waals surface area contributed by atoms with Gasteiger partial charge in [0.15, 0.2) is 0 Å². The van der Waals surface area contributed by atoms with Crippen molar-refractivity contribution >= 4 is 33.5 Å². The lowest BCUT2D eigenvalue weighted by Crippen LogP contribution is -1.84. The van der Waals surface area contributed by atoms with E-state index in [1.807, 2.05) is 18.2 Å². The van der Waals surface area contributed by atoms with Gasteiger partial charge >= 0.3 is 0 Å². The molecule has 2 rings (SSSR count). The molecule has 60 valence electrons. The van der Waals surface area contributed by atoms with E-state index in [2.05, 4.69) is 46.6 Å². The summed E-state index contributed by atoms with van der Waals surface area (Å²) in [6.07, 6.45) is 0. The average molecular weight is 269 g/mol. The van der Waals surface area contributed by atoms with Crippen molar-refractivity contribution in [2.45, 2.75) is 6.92 Å². The van der Waals surface area contributed by atoms with Gasteiger partial charge in [0.2, 0.25) is 0 Å². The third-order valence-corrected chi connectivity index (χ3v) is 2.52. The van der Waals surface area contributed by atoms with Gasteiger partial charge in [-0.3, -0.25) is 0 Å². The van der Waals surface area contributed by atoms with Crippen LogP contribution < -0.4 is 0 Å². The minimum Gasteiger partial charge on any atom is -0.242 e. The molecule has 0 aliphatic rings. The van der Waals surface area contributed by atoms with E-state index >= 15 is 0 Å². The zero-order valence-electron chi connectivity index (χ0n) is 6.71. The maximum absolute atomic E-state index is 4.42. The summed E-state index contributed by atoms with van der Waals surface area (Å²) in [6, 6.07) is 10.4. The monoisotopic (exact) mass is 269 g/mol. The van der Waals surface area contributed by atoms with Gasteiger partial charge in [-0.2, -0.15) is 0 Å². The van der Waals surface area contributed by atoms with Gasteiger partial charge in [0.1, 0.15) is 3.70 Å². The van der Waals surface area contributed by atoms with Crippen molar-refractivity contribution in [3.63, 3.8) is 0 Å². The van der Waals surface area contributed by atoms with Crippen LogP contribution in [0.5, 0.6) is 0 Å². The highest BCUT2D eigenvalue weighted by Crippen LogP contribution is 2.16. The molecule has 2 aromatic rings. The number of hydrogen-bond acceptors (Lipinski definition) is 1. The van der Waals surface area contributed by atoms with Crippen molar-refractivity contribution in [2.75, 3.05) is 0 Å². The highest BCUT2D eigenvalue weighted by atomic mass is 127. The fourth-order valence-corrected chi connectivity index (χ4v) is 1.72. The van der Waals surface area contributed by atoms with E-state index in [-0.39, 0.29) is 0 Å². The standard InChI is InChI=1S/C10H8IN/c1-7-3-2-4-9-8(7)5-6-10(11)12-9/h2-6H,1H3. The molecule has 0 amide bonds. The third kappa shape index (κ3) is 1.31. The summed E-state index contributed by atoms with van der Waals surface area (Å²) in [4.78, 5) is 4.42. The molecule has 0 unspecified atom stereocenters. The van der Waals surface area contributed by atoms with E-state index in [1.165, 1.54) is 10.9 Å². The number of benzene rings is 1. The Morgan fingerprint density at radius 3 is 2.83 bits per heavy atom. The van der Waals surface area contributed by atoms with Crippen molar-refractivity contribution in [3.8, 4) is 0 Å². The van der Waals surface area contributed by atoms with Gasteiger partial charge < -0.3 is 0 Å². The van der Waals surface area contributed by atoms with Crippen LogP contribution in [-0.2, 0) is 0 Å². The van der Waals surface area contributed by atoms with Crippen molar-refractivity contribution < 1.29 is 0 Å². The molecule has 1 nitrogen and oxygen atoms in total. The first kappa shape index (κ1) is 7.98. The lowest BCUT2D eigenvalue weighted by Gasteiger charge is -2.00. The Hall–Kier alpha value is -0.640. The quantitative estimate of drug-likeness (QED) is 0.529. The Labute approximate surface area is 85.0 Å². The molecule has 0 aliphatic heterocycles. The van der Waals surface area contributed by atoms with Crippen LogP contribution in [0.3, 0.4) is 0 Å². The van der Waals surface area contributed by atoms with Gasteiger partial charge in [-0.1, -0.05) is 12.1 Å². The van der Waals surface area contributed by atoms with Crippen LogP contribution >= 0.6 is 22.6 Å². The van der Waals surface area contributed by atoms with Crippen LogP contribution in [0.15, 0.2) is 30.3 Å². The number of aryl methyl sites for hydroxylation is 1. The number of nitrogens with zero attached hydrogens (tertiary/aromatic N) is 1. The smallest absolute Gasteiger partial charge is 0.102 e. The summed E-state index contributed by atoms with van der Waals surface area (Å²) in [6.45, 7) is 2.11. The first-order valence-electron chi connectivity index (χ1n) is 3.79. The van der Waals surface area contributed by atoms with Crippen LogP contribution in [0.1, 0.15) is 5.56 Å². The Morgan fingerprint density at radius 2 is 2.00 bits per heavy atom. The van der Waals surface area contributed by atoms with E-state index in [0.29, 0.717) is 0 Å². The van der Waals surface area contributed by atoms with Crippen molar-refractivity contribution in [3.05, 3.63) is 39.6 Å². The molecule has 0 spiro atoms. The molecule has 0 N–H and O–H groups in total. The largest absolute Gasteiger partial charge is 0.242 e. The maximum atomic E-state index is 4.42. The second-order valence-electron chi connectivity index (χ2n) is 2.78. The van der Waals surface area contributed by atoms with Crippen LogP contribution in [-0.4, -0.2) is 4.98 Å². The molecule has 1 aromatic heterocycles. The fraction of sp³-hybridized carbons (Fsp3) is 0.100. The average Bonchev–Trinajstić information content (AvgIpc) is 2.04. The van der Waals surface area contributed by atoms with Gasteiger partial charge in [-0.15, -0.1) is 0 Å². The zero-order chi connectivity index (χ0) is 8.55. The second kappa shape index (κ2) is 3.01. The first-order valence-corrected chi connectivity index (χ1v) is 4.87. The van der Waals surface area contributed by atoms with Gasteiger partial charge in [0.05, 0.1) is 5.52 Å². The predicted octanol–water partition coefficient (Wildman–Crippen LogP) is 3.15. The summed E-state index contributed by atoms with van der Waals surface area (Å²) in [5, 5.41) is 1.25. The van der Waals surface area contributed by atoms with E-state index < -0.39 is 0 Å². The third-order valence-electron chi connectivity index (χ3n) is 1.92. The number of pyridine rings is 1. The molecule has 0 saturated carbocycles. The second-order valence-corrected chi connectivity index (χ2v) is 3.88. The minimum absolute atomic E-state index is 1.05. The number of fused-ring (bicyclic) bond motifs is 1. The molecule has 0 atom stereocenters. The summed E-state index contributed by atoms with van der Waals surface area (Å²) >= 11 is 2.23. The van der Waals surface area contributed by atoms with E-state index in [9.17, 15) is 0 Å². The van der Waals surface area contributed by atoms with Crippen molar-refractivity contribution in [1.29, 1.82) is 0 Å². The molecule has 0 fully saturated rings. The number of rotatable bonds is 0. The topological polar surface area (TPSA) is 12.9 Å². The fourth-order valence-electron chi connectivity index (χ4n) is 1.28. The number of hydrogen-bond donors (Lipinski definition) is 0. The van der Waals surface area contributed by atoms with E-state index in [0.717, 1.165) is 9.22 Å². The SMILES string of the molecule is Cc1cccc2nc(I)ccc12. The Kier molecular flexibility index (Phi) is 2.00. The maximum Gasteiger partial charge on any atom is 0.102 e. The summed E-state index contributed by atoms with van der Waals surface area (Å²) in [5.41, 5.74) is 2.37. The van der Waals surface area contributed by atoms with Crippen LogP contribution in [0.25, 0.3) is 10.9 Å². The first-order chi connectivity index (χ1) is 5.77. The highest BCUT2D eigenvalue weighted by molar-refractivity contribution is 14.1. The lowest BCUT2D eigenvalue weighted by molar-refractivity contribution is 1.34. The molecular weight excluding hydrogens is 261 g/mol. The lowest BCUT2D eigenvalue weighted by atomic mass is 10.1. The summed E-state index contributed by atoms with van der Waals surface area (Å²) in [7, 11) is 0. The molecular formula is C10H8IN. The van der Waals surface area contributed by atoms with Crippen molar-refractivity contribution in [2.24, 2.45) is 0 Å². The van der Waals surface area contributed by atoms with Gasteiger partial charge in [0.25, 0.3) is 0 Å². The molecule has 1 aromatic carbocycles. The highest BCUT2D eigenvalue weighted by Gasteiger charge is 1.96. The minimum atomic E-state index is 1.05. The zero-order valence-corrected chi connectivity index (χ0v) is 8.87. The molecule has 0 radical (unpaired) electrons. The summed E-state index contributed by atoms with van der Waals surface area (Å²) < 4.78 is 1.05. The number of aromatic nitrogens is 1. The van der Waals surface area contributed by atoms with Crippen LogP contribution in [0, 0.1) is 10.6 Å². The molecule has 0 saturated heterocycles. The van der Waals surface area contributed by atoms with Crippen LogP contribution in [0.2, 0.25) is 0 Å². The normalized spacial score (nSPS) is 10.5. The predicted molar refractivity (Wildman–Crippen MR) is 59.2 cm³/mol. The van der Waals surface area contributed by atoms with E-state index in [4.69, 9.17) is 0 Å². The molecule has 1 heterocycles. The van der Waals surface area contributed by atoms with Crippen LogP contribution in [0.4, 0.5) is 0 Å². The van der Waals surface area contributed by atoms with Gasteiger partial charge in [-0.05, 0) is 53.3 Å². The van der Waals surface area contributed by atoms with Gasteiger partial charge in [-0.25, -0.2) is 4.98 Å². The molecule has 2 heteroatoms. The number of halogens is 1. The van der Waals surface area contributed by atoms with Crippen molar-refractivity contribution in [1.82, 2.24) is 4.98 Å². The van der Waals surface area contributed by atoms with E-state index in [1.54, 1.807) is 0 Å². The summed E-state index contributed by atoms with van der Waals surface area (Å²) in [5.74, 6) is 0. The Bertz CT molecular complexity index is 423. The molecule has 0 bridgehead atoms. The Balaban J connectivity index is 2.86.